The molecule has 1 fully saturated rings. The molecule has 2 N–H and O–H groups in total. The van der Waals surface area contributed by atoms with Gasteiger partial charge >= 0.3 is 5.97 Å². The Morgan fingerprint density at radius 3 is 2.96 bits per heavy atom. The van der Waals surface area contributed by atoms with Gasteiger partial charge in [0.15, 0.2) is 0 Å². The zero-order valence-corrected chi connectivity index (χ0v) is 15.3. The predicted molar refractivity (Wildman–Crippen MR) is 94.4 cm³/mol. The van der Waals surface area contributed by atoms with Gasteiger partial charge in [0.2, 0.25) is 5.91 Å². The highest BCUT2D eigenvalue weighted by Gasteiger charge is 2.56. The molecule has 2 aliphatic rings. The number of fused-ring (bicyclic) bond motifs is 2. The SMILES string of the molecule is CCSc1ncn2cc(C3=C(C(=O)O)N4C(=O)[C@H]([C@@H](C)O)[C@H]4C3)sc12. The van der Waals surface area contributed by atoms with E-state index >= 15 is 0 Å². The number of thioether (sulfide) groups is 1. The lowest BCUT2D eigenvalue weighted by Crippen LogP contribution is -2.61. The van der Waals surface area contributed by atoms with Crippen LogP contribution < -0.4 is 0 Å². The van der Waals surface area contributed by atoms with E-state index in [9.17, 15) is 19.8 Å². The van der Waals surface area contributed by atoms with Crippen LogP contribution in [0.3, 0.4) is 0 Å². The number of aliphatic hydroxyl groups is 1. The summed E-state index contributed by atoms with van der Waals surface area (Å²) in [5.41, 5.74) is 0.712. The molecular formula is C16H17N3O4S2. The second-order valence-electron chi connectivity index (χ2n) is 6.17. The minimum absolute atomic E-state index is 0.0501. The van der Waals surface area contributed by atoms with Crippen LogP contribution in [0.25, 0.3) is 10.4 Å². The van der Waals surface area contributed by atoms with Crippen LogP contribution >= 0.6 is 23.1 Å². The van der Waals surface area contributed by atoms with E-state index in [1.807, 2.05) is 10.6 Å². The molecule has 7 nitrogen and oxygen atoms in total. The van der Waals surface area contributed by atoms with Crippen molar-refractivity contribution >= 4 is 45.4 Å². The van der Waals surface area contributed by atoms with Gasteiger partial charge in [0.05, 0.1) is 22.9 Å². The minimum Gasteiger partial charge on any atom is -0.477 e. The van der Waals surface area contributed by atoms with Gasteiger partial charge in [-0.05, 0) is 19.1 Å². The van der Waals surface area contributed by atoms with Gasteiger partial charge in [-0.25, -0.2) is 9.78 Å². The van der Waals surface area contributed by atoms with Crippen LogP contribution in [0.5, 0.6) is 0 Å². The molecular weight excluding hydrogens is 362 g/mol. The van der Waals surface area contributed by atoms with Crippen molar-refractivity contribution in [2.45, 2.75) is 37.4 Å². The highest BCUT2D eigenvalue weighted by Crippen LogP contribution is 2.48. The van der Waals surface area contributed by atoms with Crippen LogP contribution in [0.2, 0.25) is 0 Å². The molecule has 9 heteroatoms. The third-order valence-electron chi connectivity index (χ3n) is 4.69. The molecule has 132 valence electrons. The van der Waals surface area contributed by atoms with E-state index in [1.54, 1.807) is 25.0 Å². The summed E-state index contributed by atoms with van der Waals surface area (Å²) in [6.07, 6.45) is 3.27. The Kier molecular flexibility index (Phi) is 3.89. The van der Waals surface area contributed by atoms with Gasteiger partial charge in [-0.1, -0.05) is 6.92 Å². The van der Waals surface area contributed by atoms with Crippen molar-refractivity contribution in [1.29, 1.82) is 0 Å². The number of hydrogen-bond donors (Lipinski definition) is 2. The summed E-state index contributed by atoms with van der Waals surface area (Å²) >= 11 is 3.13. The van der Waals surface area contributed by atoms with E-state index in [0.717, 1.165) is 20.5 Å². The maximum Gasteiger partial charge on any atom is 0.352 e. The first kappa shape index (κ1) is 16.6. The van der Waals surface area contributed by atoms with Crippen LogP contribution in [0.4, 0.5) is 0 Å². The summed E-state index contributed by atoms with van der Waals surface area (Å²) in [5.74, 6) is -1.02. The van der Waals surface area contributed by atoms with Crippen molar-refractivity contribution in [1.82, 2.24) is 14.3 Å². The smallest absolute Gasteiger partial charge is 0.352 e. The number of aliphatic carboxylic acids is 1. The molecule has 2 aliphatic heterocycles. The topological polar surface area (TPSA) is 95.1 Å². The minimum atomic E-state index is -1.10. The summed E-state index contributed by atoms with van der Waals surface area (Å²) in [5, 5.41) is 20.4. The third kappa shape index (κ3) is 2.33. The molecule has 4 heterocycles. The molecule has 0 saturated carbocycles. The van der Waals surface area contributed by atoms with E-state index in [4.69, 9.17) is 0 Å². The molecule has 25 heavy (non-hydrogen) atoms. The second kappa shape index (κ2) is 5.86. The van der Waals surface area contributed by atoms with Gasteiger partial charge in [-0.15, -0.1) is 23.1 Å². The van der Waals surface area contributed by atoms with Crippen molar-refractivity contribution in [3.05, 3.63) is 23.1 Å². The van der Waals surface area contributed by atoms with Gasteiger partial charge in [-0.3, -0.25) is 9.20 Å². The molecule has 4 rings (SSSR count). The van der Waals surface area contributed by atoms with Crippen LogP contribution in [0, 0.1) is 5.92 Å². The van der Waals surface area contributed by atoms with Crippen molar-refractivity contribution in [3.63, 3.8) is 0 Å². The average molecular weight is 379 g/mol. The number of aliphatic hydroxyl groups excluding tert-OH is 1. The first-order valence-electron chi connectivity index (χ1n) is 8.01. The van der Waals surface area contributed by atoms with Crippen LogP contribution in [-0.2, 0) is 9.59 Å². The maximum atomic E-state index is 12.3. The fraction of sp³-hybridized carbons (Fsp3) is 0.438. The Labute approximate surface area is 152 Å². The number of rotatable bonds is 5. The maximum absolute atomic E-state index is 12.3. The number of nitrogens with zero attached hydrogens (tertiary/aromatic N) is 3. The summed E-state index contributed by atoms with van der Waals surface area (Å²) in [4.78, 5) is 31.6. The predicted octanol–water partition coefficient (Wildman–Crippen LogP) is 1.91. The van der Waals surface area contributed by atoms with Crippen LogP contribution in [0.15, 0.2) is 23.2 Å². The van der Waals surface area contributed by atoms with Crippen LogP contribution in [0.1, 0.15) is 25.1 Å². The zero-order chi connectivity index (χ0) is 17.9. The number of carbonyl (C=O) groups excluding carboxylic acids is 1. The fourth-order valence-corrected chi connectivity index (χ4v) is 5.59. The van der Waals surface area contributed by atoms with Gasteiger partial charge in [0.1, 0.15) is 21.9 Å². The summed E-state index contributed by atoms with van der Waals surface area (Å²) in [7, 11) is 0. The lowest BCUT2D eigenvalue weighted by molar-refractivity contribution is -0.161. The summed E-state index contributed by atoms with van der Waals surface area (Å²) in [6, 6.07) is -0.266. The number of carbonyl (C=O) groups is 2. The van der Waals surface area contributed by atoms with Gasteiger partial charge in [0.25, 0.3) is 0 Å². The Morgan fingerprint density at radius 2 is 2.32 bits per heavy atom. The quantitative estimate of drug-likeness (QED) is 0.609. The van der Waals surface area contributed by atoms with E-state index in [2.05, 4.69) is 11.9 Å². The Hall–Kier alpha value is -1.84. The molecule has 0 aliphatic carbocycles. The molecule has 0 radical (unpaired) electrons. The number of aromatic nitrogens is 2. The first-order valence-corrected chi connectivity index (χ1v) is 9.81. The molecule has 0 spiro atoms. The number of amides is 1. The molecule has 0 bridgehead atoms. The van der Waals surface area contributed by atoms with E-state index in [0.29, 0.717) is 12.0 Å². The van der Waals surface area contributed by atoms with Gasteiger partial charge in [-0.2, -0.15) is 0 Å². The number of carboxylic acid groups (broad SMARTS) is 1. The third-order valence-corrected chi connectivity index (χ3v) is 6.85. The van der Waals surface area contributed by atoms with E-state index in [-0.39, 0.29) is 17.6 Å². The molecule has 1 saturated heterocycles. The van der Waals surface area contributed by atoms with Crippen LogP contribution in [-0.4, -0.2) is 54.3 Å². The Bertz CT molecular complexity index is 914. The number of carboxylic acids is 1. The Balaban J connectivity index is 1.77. The standard InChI is InChI=1S/C16H17N3O4S2/c1-3-24-13-15-18(6-17-13)5-10(25-15)8-4-9-11(7(2)20)14(21)19(9)12(8)16(22)23/h5-7,9,11,20H,3-4H2,1-2H3,(H,22,23)/t7-,9-,11-/m1/s1. The molecule has 0 unspecified atom stereocenters. The monoisotopic (exact) mass is 379 g/mol. The lowest BCUT2D eigenvalue weighted by atomic mass is 9.83. The van der Waals surface area contributed by atoms with Crippen molar-refractivity contribution < 1.29 is 19.8 Å². The van der Waals surface area contributed by atoms with Crippen molar-refractivity contribution in [2.24, 2.45) is 5.92 Å². The lowest BCUT2D eigenvalue weighted by Gasteiger charge is -2.44. The zero-order valence-electron chi connectivity index (χ0n) is 13.7. The highest BCUT2D eigenvalue weighted by molar-refractivity contribution is 7.99. The first-order chi connectivity index (χ1) is 11.9. The van der Waals surface area contributed by atoms with E-state index < -0.39 is 18.0 Å². The largest absolute Gasteiger partial charge is 0.477 e. The Morgan fingerprint density at radius 1 is 1.56 bits per heavy atom. The summed E-state index contributed by atoms with van der Waals surface area (Å²) < 4.78 is 1.90. The average Bonchev–Trinajstić information content (AvgIpc) is 3.18. The molecule has 3 atom stereocenters. The second-order valence-corrected chi connectivity index (χ2v) is 8.45. The van der Waals surface area contributed by atoms with E-state index in [1.165, 1.54) is 16.2 Å². The number of imidazole rings is 1. The summed E-state index contributed by atoms with van der Waals surface area (Å²) in [6.45, 7) is 3.63. The normalized spacial score (nSPS) is 24.0. The molecule has 1 amide bonds. The van der Waals surface area contributed by atoms with Crippen molar-refractivity contribution in [3.8, 4) is 0 Å². The van der Waals surface area contributed by atoms with Gasteiger partial charge in [0, 0.05) is 11.8 Å². The number of β-lactam (4-membered cyclic amide) rings is 1. The molecule has 0 aromatic carbocycles. The fourth-order valence-electron chi connectivity index (χ4n) is 3.64. The number of hydrogen-bond acceptors (Lipinski definition) is 6. The molecule has 2 aromatic heterocycles. The van der Waals surface area contributed by atoms with Gasteiger partial charge < -0.3 is 15.1 Å². The number of thiazole rings is 1. The highest BCUT2D eigenvalue weighted by atomic mass is 32.2. The van der Waals surface area contributed by atoms with Crippen molar-refractivity contribution in [2.75, 3.05) is 5.75 Å². The molecule has 2 aromatic rings.